The first-order chi connectivity index (χ1) is 13.8. The fraction of sp³-hybridized carbons (Fsp3) is 0.333. The second kappa shape index (κ2) is 7.34. The van der Waals surface area contributed by atoms with Crippen LogP contribution in [0.2, 0.25) is 0 Å². The molecule has 2 aliphatic rings. The average molecular weight is 374 g/mol. The van der Waals surface area contributed by atoms with Crippen LogP contribution in [-0.2, 0) is 6.42 Å². The van der Waals surface area contributed by atoms with E-state index in [4.69, 9.17) is 4.52 Å². The SMILES string of the molecule is Fc1cccc(-c2ccc(/C=C/C3c4conc4CC4CCCCC43)nc2)c1. The number of halogens is 1. The molecule has 1 saturated carbocycles. The van der Waals surface area contributed by atoms with Crippen LogP contribution < -0.4 is 0 Å². The second-order valence-electron chi connectivity index (χ2n) is 8.00. The quantitative estimate of drug-likeness (QED) is 0.561. The summed E-state index contributed by atoms with van der Waals surface area (Å²) in [4.78, 5) is 4.57. The van der Waals surface area contributed by atoms with E-state index < -0.39 is 0 Å². The van der Waals surface area contributed by atoms with Gasteiger partial charge in [-0.2, -0.15) is 0 Å². The molecule has 3 nitrogen and oxygen atoms in total. The van der Waals surface area contributed by atoms with Crippen LogP contribution in [0.3, 0.4) is 0 Å². The fourth-order valence-corrected chi connectivity index (χ4v) is 4.93. The van der Waals surface area contributed by atoms with Gasteiger partial charge < -0.3 is 4.52 Å². The molecule has 0 bridgehead atoms. The van der Waals surface area contributed by atoms with E-state index in [1.807, 2.05) is 30.7 Å². The van der Waals surface area contributed by atoms with Crippen molar-refractivity contribution in [1.29, 1.82) is 0 Å². The van der Waals surface area contributed by atoms with E-state index in [0.717, 1.165) is 28.9 Å². The van der Waals surface area contributed by atoms with Gasteiger partial charge in [-0.05, 0) is 60.9 Å². The largest absolute Gasteiger partial charge is 0.364 e. The van der Waals surface area contributed by atoms with Crippen molar-refractivity contribution in [3.05, 3.63) is 77.7 Å². The molecule has 0 spiro atoms. The van der Waals surface area contributed by atoms with Crippen LogP contribution in [-0.4, -0.2) is 10.1 Å². The lowest BCUT2D eigenvalue weighted by Crippen LogP contribution is -2.31. The van der Waals surface area contributed by atoms with E-state index >= 15 is 0 Å². The zero-order chi connectivity index (χ0) is 18.9. The Labute approximate surface area is 164 Å². The van der Waals surface area contributed by atoms with Gasteiger partial charge in [-0.1, -0.05) is 42.3 Å². The number of pyridine rings is 1. The smallest absolute Gasteiger partial charge is 0.127 e. The molecule has 3 atom stereocenters. The standard InChI is InChI=1S/C24H23FN2O/c25-19-6-3-5-16(12-19)18-8-9-20(26-14-18)10-11-22-21-7-2-1-4-17(21)13-24-23(22)15-28-27-24/h3,5-6,8-12,14-15,17,21-22H,1-2,4,7,13H2/b11-10+. The van der Waals surface area contributed by atoms with Crippen molar-refractivity contribution in [2.75, 3.05) is 0 Å². The Bertz CT molecular complexity index is 992. The van der Waals surface area contributed by atoms with E-state index in [-0.39, 0.29) is 5.82 Å². The highest BCUT2D eigenvalue weighted by molar-refractivity contribution is 5.63. The molecule has 142 valence electrons. The minimum absolute atomic E-state index is 0.231. The first kappa shape index (κ1) is 17.4. The van der Waals surface area contributed by atoms with Gasteiger partial charge in [-0.15, -0.1) is 0 Å². The highest BCUT2D eigenvalue weighted by atomic mass is 19.1. The number of hydrogen-bond acceptors (Lipinski definition) is 3. The molecule has 1 aromatic carbocycles. The van der Waals surface area contributed by atoms with Crippen molar-refractivity contribution in [3.63, 3.8) is 0 Å². The summed E-state index contributed by atoms with van der Waals surface area (Å²) in [5.74, 6) is 1.50. The summed E-state index contributed by atoms with van der Waals surface area (Å²) >= 11 is 0. The molecule has 0 radical (unpaired) electrons. The Morgan fingerprint density at radius 1 is 1.07 bits per heavy atom. The number of benzene rings is 1. The first-order valence-corrected chi connectivity index (χ1v) is 10.1. The van der Waals surface area contributed by atoms with Crippen LogP contribution in [0, 0.1) is 17.7 Å². The molecule has 0 saturated heterocycles. The molecular weight excluding hydrogens is 351 g/mol. The predicted molar refractivity (Wildman–Crippen MR) is 107 cm³/mol. The third kappa shape index (κ3) is 3.28. The number of aromatic nitrogens is 2. The molecule has 5 rings (SSSR count). The number of allylic oxidation sites excluding steroid dienone is 1. The third-order valence-electron chi connectivity index (χ3n) is 6.34. The van der Waals surface area contributed by atoms with Crippen LogP contribution in [0.1, 0.15) is 48.6 Å². The Kier molecular flexibility index (Phi) is 4.55. The number of fused-ring (bicyclic) bond motifs is 2. The molecule has 1 fully saturated rings. The van der Waals surface area contributed by atoms with Gasteiger partial charge in [0.25, 0.3) is 0 Å². The van der Waals surface area contributed by atoms with E-state index in [0.29, 0.717) is 17.8 Å². The van der Waals surface area contributed by atoms with Crippen molar-refractivity contribution in [2.45, 2.75) is 38.0 Å². The molecule has 4 heteroatoms. The van der Waals surface area contributed by atoms with Gasteiger partial charge in [0.1, 0.15) is 12.1 Å². The lowest BCUT2D eigenvalue weighted by atomic mass is 9.65. The highest BCUT2D eigenvalue weighted by Gasteiger charge is 2.38. The molecule has 2 heterocycles. The summed E-state index contributed by atoms with van der Waals surface area (Å²) < 4.78 is 18.7. The summed E-state index contributed by atoms with van der Waals surface area (Å²) in [7, 11) is 0. The molecule has 28 heavy (non-hydrogen) atoms. The number of hydrogen-bond donors (Lipinski definition) is 0. The van der Waals surface area contributed by atoms with Crippen molar-refractivity contribution in [1.82, 2.24) is 10.1 Å². The maximum absolute atomic E-state index is 13.4. The van der Waals surface area contributed by atoms with E-state index in [1.165, 1.54) is 43.4 Å². The predicted octanol–water partition coefficient (Wildman–Crippen LogP) is 6.04. The lowest BCUT2D eigenvalue weighted by Gasteiger charge is -2.39. The zero-order valence-electron chi connectivity index (χ0n) is 15.7. The maximum atomic E-state index is 13.4. The van der Waals surface area contributed by atoms with E-state index in [2.05, 4.69) is 22.3 Å². The third-order valence-corrected chi connectivity index (χ3v) is 6.34. The van der Waals surface area contributed by atoms with Crippen LogP contribution in [0.15, 0.2) is 59.5 Å². The number of rotatable bonds is 3. The molecule has 3 unspecified atom stereocenters. The minimum atomic E-state index is -0.231. The monoisotopic (exact) mass is 374 g/mol. The fourth-order valence-electron chi connectivity index (χ4n) is 4.93. The maximum Gasteiger partial charge on any atom is 0.127 e. The lowest BCUT2D eigenvalue weighted by molar-refractivity contribution is 0.201. The van der Waals surface area contributed by atoms with Crippen molar-refractivity contribution in [2.24, 2.45) is 11.8 Å². The molecule has 2 aliphatic carbocycles. The van der Waals surface area contributed by atoms with Crippen LogP contribution in [0.5, 0.6) is 0 Å². The first-order valence-electron chi connectivity index (χ1n) is 10.1. The molecule has 2 aromatic heterocycles. The minimum Gasteiger partial charge on any atom is -0.364 e. The van der Waals surface area contributed by atoms with Gasteiger partial charge in [0, 0.05) is 23.2 Å². The van der Waals surface area contributed by atoms with Crippen LogP contribution in [0.25, 0.3) is 17.2 Å². The van der Waals surface area contributed by atoms with Crippen LogP contribution >= 0.6 is 0 Å². The molecular formula is C24H23FN2O. The molecule has 0 N–H and O–H groups in total. The summed E-state index contributed by atoms with van der Waals surface area (Å²) in [6.45, 7) is 0. The Morgan fingerprint density at radius 2 is 2.00 bits per heavy atom. The zero-order valence-corrected chi connectivity index (χ0v) is 15.7. The van der Waals surface area contributed by atoms with Gasteiger partial charge in [0.2, 0.25) is 0 Å². The van der Waals surface area contributed by atoms with E-state index in [1.54, 1.807) is 6.07 Å². The second-order valence-corrected chi connectivity index (χ2v) is 8.00. The van der Waals surface area contributed by atoms with Gasteiger partial charge in [0.05, 0.1) is 11.4 Å². The van der Waals surface area contributed by atoms with E-state index in [9.17, 15) is 4.39 Å². The van der Waals surface area contributed by atoms with Crippen molar-refractivity contribution < 1.29 is 8.91 Å². The summed E-state index contributed by atoms with van der Waals surface area (Å²) in [6.07, 6.45) is 14.3. The van der Waals surface area contributed by atoms with Crippen molar-refractivity contribution >= 4 is 6.08 Å². The Balaban J connectivity index is 1.39. The summed E-state index contributed by atoms with van der Waals surface area (Å²) in [5, 5.41) is 4.25. The normalized spacial score (nSPS) is 24.1. The van der Waals surface area contributed by atoms with Crippen molar-refractivity contribution in [3.8, 4) is 11.1 Å². The summed E-state index contributed by atoms with van der Waals surface area (Å²) in [5.41, 5.74) is 5.05. The molecule has 0 aliphatic heterocycles. The highest BCUT2D eigenvalue weighted by Crippen LogP contribution is 2.47. The van der Waals surface area contributed by atoms with Gasteiger partial charge >= 0.3 is 0 Å². The average Bonchev–Trinajstić information content (AvgIpc) is 3.20. The molecule has 3 aromatic rings. The van der Waals surface area contributed by atoms with Gasteiger partial charge in [0.15, 0.2) is 0 Å². The van der Waals surface area contributed by atoms with Gasteiger partial charge in [-0.25, -0.2) is 4.39 Å². The van der Waals surface area contributed by atoms with Crippen LogP contribution in [0.4, 0.5) is 4.39 Å². The number of nitrogens with zero attached hydrogens (tertiary/aromatic N) is 2. The Hall–Kier alpha value is -2.75. The summed E-state index contributed by atoms with van der Waals surface area (Å²) in [6, 6.07) is 10.6. The Morgan fingerprint density at radius 3 is 2.86 bits per heavy atom. The molecule has 0 amide bonds. The topological polar surface area (TPSA) is 38.9 Å². The van der Waals surface area contributed by atoms with Gasteiger partial charge in [-0.3, -0.25) is 4.98 Å².